The van der Waals surface area contributed by atoms with Crippen molar-refractivity contribution in [3.05, 3.63) is 24.0 Å². The van der Waals surface area contributed by atoms with Gasteiger partial charge in [0.05, 0.1) is 6.61 Å². The number of hydrogen-bond acceptors (Lipinski definition) is 5. The second-order valence-corrected chi connectivity index (χ2v) is 7.90. The second-order valence-electron chi connectivity index (χ2n) is 7.90. The molecule has 29 heavy (non-hydrogen) atoms. The zero-order chi connectivity index (χ0) is 21.4. The van der Waals surface area contributed by atoms with Gasteiger partial charge < -0.3 is 29.6 Å². The quantitative estimate of drug-likeness (QED) is 0.705. The van der Waals surface area contributed by atoms with E-state index in [4.69, 9.17) is 9.47 Å². The number of likely N-dealkylation sites (tertiary alicyclic amines) is 1. The number of nitrogens with one attached hydrogen (secondary N) is 2. The van der Waals surface area contributed by atoms with Crippen LogP contribution in [0.3, 0.4) is 0 Å². The summed E-state index contributed by atoms with van der Waals surface area (Å²) in [6, 6.07) is 3.75. The van der Waals surface area contributed by atoms with Gasteiger partial charge in [-0.25, -0.2) is 9.59 Å². The van der Waals surface area contributed by atoms with Crippen molar-refractivity contribution >= 4 is 18.1 Å². The first-order valence-electron chi connectivity index (χ1n) is 10.0. The molecule has 0 radical (unpaired) electrons. The third-order valence-corrected chi connectivity index (χ3v) is 4.48. The van der Waals surface area contributed by atoms with E-state index in [1.807, 2.05) is 37.6 Å². The Kier molecular flexibility index (Phi) is 7.92. The molecule has 0 saturated carbocycles. The van der Waals surface area contributed by atoms with Crippen LogP contribution in [-0.4, -0.2) is 65.9 Å². The molecular formula is C20H32N4O5. The average molecular weight is 408 g/mol. The number of carbonyl (C=O) groups is 3. The smallest absolute Gasteiger partial charge is 0.410 e. The number of piperidine rings is 1. The van der Waals surface area contributed by atoms with Crippen LogP contribution >= 0.6 is 0 Å². The van der Waals surface area contributed by atoms with E-state index < -0.39 is 11.7 Å². The lowest BCUT2D eigenvalue weighted by molar-refractivity contribution is 0.0187. The molecule has 2 rings (SSSR count). The Labute approximate surface area is 171 Å². The fraction of sp³-hybridized carbons (Fsp3) is 0.650. The first-order valence-corrected chi connectivity index (χ1v) is 10.0. The Balaban J connectivity index is 1.83. The number of hydrogen-bond donors (Lipinski definition) is 2. The molecule has 0 atom stereocenters. The lowest BCUT2D eigenvalue weighted by Crippen LogP contribution is -2.42. The predicted molar refractivity (Wildman–Crippen MR) is 108 cm³/mol. The van der Waals surface area contributed by atoms with Crippen molar-refractivity contribution in [3.63, 3.8) is 0 Å². The van der Waals surface area contributed by atoms with E-state index in [2.05, 4.69) is 10.6 Å². The zero-order valence-corrected chi connectivity index (χ0v) is 17.7. The number of rotatable bonds is 6. The SMILES string of the molecule is CCOC(=O)NCCNC(=O)c1cccn1C1CCN(C(=O)OC(C)(C)C)CC1. The van der Waals surface area contributed by atoms with Crippen LogP contribution in [0, 0.1) is 0 Å². The Hall–Kier alpha value is -2.71. The zero-order valence-electron chi connectivity index (χ0n) is 17.7. The minimum Gasteiger partial charge on any atom is -0.450 e. The summed E-state index contributed by atoms with van der Waals surface area (Å²) in [6.07, 6.45) is 2.59. The Morgan fingerprint density at radius 2 is 1.79 bits per heavy atom. The summed E-state index contributed by atoms with van der Waals surface area (Å²) in [6.45, 7) is 9.36. The van der Waals surface area contributed by atoms with Crippen LogP contribution in [0.2, 0.25) is 0 Å². The van der Waals surface area contributed by atoms with Gasteiger partial charge in [0.1, 0.15) is 11.3 Å². The minimum atomic E-state index is -0.512. The Bertz CT molecular complexity index is 702. The lowest BCUT2D eigenvalue weighted by atomic mass is 10.0. The minimum absolute atomic E-state index is 0.141. The van der Waals surface area contributed by atoms with E-state index in [0.29, 0.717) is 38.5 Å². The highest BCUT2D eigenvalue weighted by Gasteiger charge is 2.28. The van der Waals surface area contributed by atoms with Crippen LogP contribution in [0.5, 0.6) is 0 Å². The number of amides is 3. The van der Waals surface area contributed by atoms with Crippen molar-refractivity contribution in [1.29, 1.82) is 0 Å². The maximum atomic E-state index is 12.5. The molecule has 1 aliphatic rings. The van der Waals surface area contributed by atoms with Crippen LogP contribution < -0.4 is 10.6 Å². The normalized spacial score (nSPS) is 15.0. The Morgan fingerprint density at radius 3 is 2.41 bits per heavy atom. The van der Waals surface area contributed by atoms with Crippen molar-refractivity contribution in [1.82, 2.24) is 20.1 Å². The highest BCUT2D eigenvalue weighted by Crippen LogP contribution is 2.25. The fourth-order valence-electron chi connectivity index (χ4n) is 3.17. The third-order valence-electron chi connectivity index (χ3n) is 4.48. The number of aromatic nitrogens is 1. The first-order chi connectivity index (χ1) is 13.7. The van der Waals surface area contributed by atoms with Crippen LogP contribution in [0.1, 0.15) is 57.1 Å². The third kappa shape index (κ3) is 6.99. The summed E-state index contributed by atoms with van der Waals surface area (Å²) < 4.78 is 12.2. The summed E-state index contributed by atoms with van der Waals surface area (Å²) in [4.78, 5) is 37.7. The maximum Gasteiger partial charge on any atom is 0.410 e. The van der Waals surface area contributed by atoms with E-state index in [1.54, 1.807) is 17.9 Å². The molecule has 0 bridgehead atoms. The van der Waals surface area contributed by atoms with Crippen LogP contribution in [-0.2, 0) is 9.47 Å². The van der Waals surface area contributed by atoms with Crippen molar-refractivity contribution in [2.75, 3.05) is 32.8 Å². The molecule has 1 aromatic rings. The predicted octanol–water partition coefficient (Wildman–Crippen LogP) is 2.54. The largest absolute Gasteiger partial charge is 0.450 e. The van der Waals surface area contributed by atoms with Gasteiger partial charge in [-0.3, -0.25) is 4.79 Å². The molecule has 0 aliphatic carbocycles. The molecule has 0 unspecified atom stereocenters. The second kappa shape index (κ2) is 10.2. The maximum absolute atomic E-state index is 12.5. The topological polar surface area (TPSA) is 102 Å². The van der Waals surface area contributed by atoms with Crippen LogP contribution in [0.25, 0.3) is 0 Å². The molecule has 0 spiro atoms. The van der Waals surface area contributed by atoms with E-state index in [0.717, 1.165) is 12.8 Å². The summed E-state index contributed by atoms with van der Waals surface area (Å²) in [7, 11) is 0. The summed E-state index contributed by atoms with van der Waals surface area (Å²) in [5.41, 5.74) is 0.0544. The van der Waals surface area contributed by atoms with Gasteiger partial charge in [0.25, 0.3) is 5.91 Å². The van der Waals surface area contributed by atoms with E-state index in [9.17, 15) is 14.4 Å². The van der Waals surface area contributed by atoms with Gasteiger partial charge in [-0.05, 0) is 52.7 Å². The van der Waals surface area contributed by atoms with Crippen molar-refractivity contribution < 1.29 is 23.9 Å². The fourth-order valence-corrected chi connectivity index (χ4v) is 3.17. The highest BCUT2D eigenvalue weighted by molar-refractivity contribution is 5.92. The number of ether oxygens (including phenoxy) is 2. The van der Waals surface area contributed by atoms with Gasteiger partial charge in [-0.2, -0.15) is 0 Å². The molecule has 2 N–H and O–H groups in total. The Morgan fingerprint density at radius 1 is 1.14 bits per heavy atom. The molecule has 9 heteroatoms. The van der Waals surface area contributed by atoms with Gasteiger partial charge in [0, 0.05) is 38.4 Å². The molecule has 9 nitrogen and oxygen atoms in total. The molecule has 1 saturated heterocycles. The molecular weight excluding hydrogens is 376 g/mol. The van der Waals surface area contributed by atoms with Gasteiger partial charge in [0.15, 0.2) is 0 Å². The molecule has 0 aromatic carbocycles. The molecule has 1 aliphatic heterocycles. The summed E-state index contributed by atoms with van der Waals surface area (Å²) >= 11 is 0. The average Bonchev–Trinajstić information content (AvgIpc) is 3.14. The van der Waals surface area contributed by atoms with E-state index >= 15 is 0 Å². The number of carbonyl (C=O) groups excluding carboxylic acids is 3. The van der Waals surface area contributed by atoms with Gasteiger partial charge >= 0.3 is 12.2 Å². The van der Waals surface area contributed by atoms with Gasteiger partial charge in [0.2, 0.25) is 0 Å². The molecule has 162 valence electrons. The molecule has 2 heterocycles. The van der Waals surface area contributed by atoms with Crippen LogP contribution in [0.15, 0.2) is 18.3 Å². The first kappa shape index (κ1) is 22.6. The lowest BCUT2D eigenvalue weighted by Gasteiger charge is -2.34. The van der Waals surface area contributed by atoms with E-state index in [-0.39, 0.29) is 18.0 Å². The number of nitrogens with zero attached hydrogens (tertiary/aromatic N) is 2. The van der Waals surface area contributed by atoms with Crippen molar-refractivity contribution in [2.45, 2.75) is 52.2 Å². The van der Waals surface area contributed by atoms with Gasteiger partial charge in [-0.1, -0.05) is 0 Å². The van der Waals surface area contributed by atoms with Crippen molar-refractivity contribution in [2.24, 2.45) is 0 Å². The standard InChI is InChI=1S/C20H32N4O5/c1-5-28-18(26)22-11-10-21-17(25)16-7-6-12-24(16)15-8-13-23(14-9-15)19(27)29-20(2,3)4/h6-7,12,15H,5,8-11,13-14H2,1-4H3,(H,21,25)(H,22,26). The molecule has 3 amide bonds. The summed E-state index contributed by atoms with van der Waals surface area (Å²) in [5.74, 6) is -0.199. The molecule has 1 fully saturated rings. The van der Waals surface area contributed by atoms with Crippen molar-refractivity contribution in [3.8, 4) is 0 Å². The van der Waals surface area contributed by atoms with Crippen LogP contribution in [0.4, 0.5) is 9.59 Å². The van der Waals surface area contributed by atoms with Gasteiger partial charge in [-0.15, -0.1) is 0 Å². The highest BCUT2D eigenvalue weighted by atomic mass is 16.6. The summed E-state index contributed by atoms with van der Waals surface area (Å²) in [5, 5.41) is 5.36. The van der Waals surface area contributed by atoms with E-state index in [1.165, 1.54) is 0 Å². The molecule has 1 aromatic heterocycles. The number of alkyl carbamates (subject to hydrolysis) is 1. The monoisotopic (exact) mass is 408 g/mol.